The lowest BCUT2D eigenvalue weighted by Gasteiger charge is -2.10. The van der Waals surface area contributed by atoms with Crippen LogP contribution in [0.25, 0.3) is 0 Å². The molecule has 0 radical (unpaired) electrons. The van der Waals surface area contributed by atoms with Gasteiger partial charge in [-0.3, -0.25) is 4.79 Å². The molecule has 0 spiro atoms. The summed E-state index contributed by atoms with van der Waals surface area (Å²) in [6, 6.07) is 10.7. The van der Waals surface area contributed by atoms with Gasteiger partial charge in [0.2, 0.25) is 5.91 Å². The molecule has 0 atom stereocenters. The molecule has 0 unspecified atom stereocenters. The Kier molecular flexibility index (Phi) is 6.95. The largest absolute Gasteiger partial charge is 0.495 e. The first-order valence-electron chi connectivity index (χ1n) is 8.49. The third kappa shape index (κ3) is 5.61. The highest BCUT2D eigenvalue weighted by Crippen LogP contribution is 2.28. The number of nitrogens with one attached hydrogen (secondary N) is 1. The fourth-order valence-electron chi connectivity index (χ4n) is 2.37. The van der Waals surface area contributed by atoms with Crippen LogP contribution in [0.2, 0.25) is 5.02 Å². The van der Waals surface area contributed by atoms with Gasteiger partial charge in [-0.25, -0.2) is 4.39 Å². The summed E-state index contributed by atoms with van der Waals surface area (Å²) in [6.45, 7) is 0.168. The molecule has 0 saturated carbocycles. The smallest absolute Gasteiger partial charge is 0.234 e. The Morgan fingerprint density at radius 3 is 2.72 bits per heavy atom. The average molecular weight is 437 g/mol. The van der Waals surface area contributed by atoms with E-state index in [1.165, 1.54) is 43.1 Å². The maximum absolute atomic E-state index is 12.9. The first kappa shape index (κ1) is 20.9. The van der Waals surface area contributed by atoms with Crippen LogP contribution in [-0.4, -0.2) is 33.5 Å². The Morgan fingerprint density at radius 2 is 2.00 bits per heavy atom. The zero-order chi connectivity index (χ0) is 20.8. The monoisotopic (exact) mass is 436 g/mol. The van der Waals surface area contributed by atoms with E-state index in [1.54, 1.807) is 29.8 Å². The molecule has 2 aromatic carbocycles. The van der Waals surface area contributed by atoms with E-state index >= 15 is 0 Å². The van der Waals surface area contributed by atoms with E-state index in [2.05, 4.69) is 15.5 Å². The molecule has 0 aliphatic heterocycles. The molecule has 1 N–H and O–H groups in total. The zero-order valence-electron chi connectivity index (χ0n) is 15.7. The van der Waals surface area contributed by atoms with Crippen molar-refractivity contribution in [2.75, 3.05) is 18.2 Å². The van der Waals surface area contributed by atoms with Gasteiger partial charge in [-0.1, -0.05) is 23.4 Å². The van der Waals surface area contributed by atoms with E-state index < -0.39 is 0 Å². The van der Waals surface area contributed by atoms with Gasteiger partial charge in [0.1, 0.15) is 23.9 Å². The normalized spacial score (nSPS) is 10.6. The van der Waals surface area contributed by atoms with Gasteiger partial charge in [-0.15, -0.1) is 10.2 Å². The molecule has 1 amide bonds. The molecule has 0 aliphatic rings. The number of halogens is 2. The SMILES string of the molecule is COc1ccc(Cl)cc1NC(=O)CSc1nnc(COc2ccc(F)cc2)n1C. The Balaban J connectivity index is 1.55. The van der Waals surface area contributed by atoms with Crippen molar-refractivity contribution in [1.29, 1.82) is 0 Å². The minimum atomic E-state index is -0.330. The number of nitrogens with zero attached hydrogens (tertiary/aromatic N) is 3. The van der Waals surface area contributed by atoms with E-state index in [0.29, 0.717) is 33.2 Å². The van der Waals surface area contributed by atoms with Crippen LogP contribution in [0.5, 0.6) is 11.5 Å². The number of carbonyl (C=O) groups is 1. The van der Waals surface area contributed by atoms with Crippen LogP contribution in [0.1, 0.15) is 5.82 Å². The molecule has 0 saturated heterocycles. The summed E-state index contributed by atoms with van der Waals surface area (Å²) in [5.41, 5.74) is 0.497. The second-order valence-electron chi connectivity index (χ2n) is 5.88. The number of anilines is 1. The average Bonchev–Trinajstić information content (AvgIpc) is 3.06. The van der Waals surface area contributed by atoms with Gasteiger partial charge in [-0.05, 0) is 42.5 Å². The Bertz CT molecular complexity index is 998. The summed E-state index contributed by atoms with van der Waals surface area (Å²) >= 11 is 7.21. The van der Waals surface area contributed by atoms with Crippen LogP contribution in [-0.2, 0) is 18.4 Å². The van der Waals surface area contributed by atoms with Crippen LogP contribution < -0.4 is 14.8 Å². The summed E-state index contributed by atoms with van der Waals surface area (Å²) in [5.74, 6) is 1.19. The number of aromatic nitrogens is 3. The number of carbonyl (C=O) groups excluding carboxylic acids is 1. The molecule has 7 nitrogen and oxygen atoms in total. The summed E-state index contributed by atoms with van der Waals surface area (Å²) in [5, 5.41) is 12.0. The highest BCUT2D eigenvalue weighted by Gasteiger charge is 2.13. The van der Waals surface area contributed by atoms with Gasteiger partial charge in [-0.2, -0.15) is 0 Å². The maximum Gasteiger partial charge on any atom is 0.234 e. The van der Waals surface area contributed by atoms with Crippen molar-refractivity contribution in [2.24, 2.45) is 7.05 Å². The van der Waals surface area contributed by atoms with Gasteiger partial charge in [0.05, 0.1) is 18.6 Å². The second-order valence-corrected chi connectivity index (χ2v) is 7.26. The molecule has 3 rings (SSSR count). The number of hydrogen-bond donors (Lipinski definition) is 1. The van der Waals surface area contributed by atoms with E-state index in [4.69, 9.17) is 21.1 Å². The highest BCUT2D eigenvalue weighted by molar-refractivity contribution is 7.99. The topological polar surface area (TPSA) is 78.3 Å². The lowest BCUT2D eigenvalue weighted by atomic mass is 10.3. The van der Waals surface area contributed by atoms with Gasteiger partial charge in [0.15, 0.2) is 11.0 Å². The molecule has 0 aliphatic carbocycles. The maximum atomic E-state index is 12.9. The first-order valence-corrected chi connectivity index (χ1v) is 9.85. The first-order chi connectivity index (χ1) is 14.0. The summed E-state index contributed by atoms with van der Waals surface area (Å²) < 4.78 is 25.5. The fourth-order valence-corrected chi connectivity index (χ4v) is 3.27. The van der Waals surface area contributed by atoms with Crippen molar-refractivity contribution in [3.8, 4) is 11.5 Å². The number of benzene rings is 2. The summed E-state index contributed by atoms with van der Waals surface area (Å²) in [4.78, 5) is 12.3. The highest BCUT2D eigenvalue weighted by atomic mass is 35.5. The Labute approximate surface area is 176 Å². The van der Waals surface area contributed by atoms with Gasteiger partial charge in [0.25, 0.3) is 0 Å². The lowest BCUT2D eigenvalue weighted by molar-refractivity contribution is -0.113. The molecule has 0 fully saturated rings. The molecule has 1 heterocycles. The van der Waals surface area contributed by atoms with Crippen LogP contribution in [0.4, 0.5) is 10.1 Å². The molecular formula is C19H18ClFN4O3S. The van der Waals surface area contributed by atoms with E-state index in [-0.39, 0.29) is 24.1 Å². The molecule has 152 valence electrons. The van der Waals surface area contributed by atoms with E-state index in [1.807, 2.05) is 0 Å². The third-order valence-corrected chi connectivity index (χ3v) is 5.13. The van der Waals surface area contributed by atoms with Crippen molar-refractivity contribution in [3.63, 3.8) is 0 Å². The number of amides is 1. The quantitative estimate of drug-likeness (QED) is 0.539. The number of methoxy groups -OCH3 is 1. The molecule has 10 heteroatoms. The number of rotatable bonds is 8. The van der Waals surface area contributed by atoms with E-state index in [0.717, 1.165) is 0 Å². The number of hydrogen-bond acceptors (Lipinski definition) is 6. The standard InChI is InChI=1S/C19H18ClFN4O3S/c1-25-17(10-28-14-6-4-13(21)5-7-14)23-24-19(25)29-11-18(26)22-15-9-12(20)3-8-16(15)27-2/h3-9H,10-11H2,1-2H3,(H,22,26). The van der Waals surface area contributed by atoms with Crippen molar-refractivity contribution in [2.45, 2.75) is 11.8 Å². The predicted octanol–water partition coefficient (Wildman–Crippen LogP) is 3.93. The van der Waals surface area contributed by atoms with Crippen LogP contribution in [0, 0.1) is 5.82 Å². The lowest BCUT2D eigenvalue weighted by Crippen LogP contribution is -2.15. The van der Waals surface area contributed by atoms with Crippen LogP contribution in [0.15, 0.2) is 47.6 Å². The zero-order valence-corrected chi connectivity index (χ0v) is 17.3. The number of thioether (sulfide) groups is 1. The van der Waals surface area contributed by atoms with Gasteiger partial charge < -0.3 is 19.4 Å². The van der Waals surface area contributed by atoms with Crippen molar-refractivity contribution >= 4 is 35.0 Å². The second kappa shape index (κ2) is 9.62. The molecule has 0 bridgehead atoms. The van der Waals surface area contributed by atoms with Crippen molar-refractivity contribution < 1.29 is 18.7 Å². The van der Waals surface area contributed by atoms with Crippen molar-refractivity contribution in [3.05, 3.63) is 59.1 Å². The minimum absolute atomic E-state index is 0.125. The van der Waals surface area contributed by atoms with E-state index in [9.17, 15) is 9.18 Å². The molecule has 29 heavy (non-hydrogen) atoms. The Hall–Kier alpha value is -2.78. The third-order valence-electron chi connectivity index (χ3n) is 3.87. The Morgan fingerprint density at radius 1 is 1.24 bits per heavy atom. The molecule has 1 aromatic heterocycles. The summed E-state index contributed by atoms with van der Waals surface area (Å²) in [6.07, 6.45) is 0. The van der Waals surface area contributed by atoms with Crippen LogP contribution >= 0.6 is 23.4 Å². The van der Waals surface area contributed by atoms with Crippen molar-refractivity contribution in [1.82, 2.24) is 14.8 Å². The van der Waals surface area contributed by atoms with Crippen LogP contribution in [0.3, 0.4) is 0 Å². The number of ether oxygens (including phenoxy) is 2. The molecule has 3 aromatic rings. The summed E-state index contributed by atoms with van der Waals surface area (Å²) in [7, 11) is 3.30. The fraction of sp³-hybridized carbons (Fsp3) is 0.211. The molecular weight excluding hydrogens is 419 g/mol. The minimum Gasteiger partial charge on any atom is -0.495 e. The van der Waals surface area contributed by atoms with Gasteiger partial charge >= 0.3 is 0 Å². The van der Waals surface area contributed by atoms with Gasteiger partial charge in [0, 0.05) is 12.1 Å². The predicted molar refractivity (Wildman–Crippen MR) is 109 cm³/mol.